The van der Waals surface area contributed by atoms with Crippen LogP contribution in [0.3, 0.4) is 0 Å². The molecule has 4 nitrogen and oxygen atoms in total. The standard InChI is InChI=1S/C15H8F5NO3/c1-24-15(23)6-2-4-7(5-3-6)21-14(22)8-9(16)11(18)13(20)12(19)10(8)17/h2-5H,1H3,(H,21,22). The Balaban J connectivity index is 2.33. The average Bonchev–Trinajstić information content (AvgIpc) is 2.58. The van der Waals surface area contributed by atoms with Gasteiger partial charge in [-0.15, -0.1) is 0 Å². The van der Waals surface area contributed by atoms with Gasteiger partial charge >= 0.3 is 5.97 Å². The number of rotatable bonds is 3. The molecule has 0 radical (unpaired) electrons. The molecule has 0 aromatic heterocycles. The average molecular weight is 345 g/mol. The van der Waals surface area contributed by atoms with E-state index in [9.17, 15) is 31.5 Å². The predicted octanol–water partition coefficient (Wildman–Crippen LogP) is 3.42. The Morgan fingerprint density at radius 1 is 0.833 bits per heavy atom. The van der Waals surface area contributed by atoms with Gasteiger partial charge in [-0.3, -0.25) is 4.79 Å². The highest BCUT2D eigenvalue weighted by molar-refractivity contribution is 6.05. The molecule has 0 saturated carbocycles. The summed E-state index contributed by atoms with van der Waals surface area (Å²) < 4.78 is 70.6. The van der Waals surface area contributed by atoms with Crippen molar-refractivity contribution in [3.05, 3.63) is 64.5 Å². The van der Waals surface area contributed by atoms with E-state index in [0.717, 1.165) is 7.11 Å². The van der Waals surface area contributed by atoms with Crippen LogP contribution in [0.2, 0.25) is 0 Å². The second kappa shape index (κ2) is 6.65. The summed E-state index contributed by atoms with van der Waals surface area (Å²) in [5.41, 5.74) is -1.51. The van der Waals surface area contributed by atoms with Gasteiger partial charge in [0.15, 0.2) is 23.3 Å². The highest BCUT2D eigenvalue weighted by Crippen LogP contribution is 2.24. The van der Waals surface area contributed by atoms with Crippen LogP contribution >= 0.6 is 0 Å². The topological polar surface area (TPSA) is 55.4 Å². The summed E-state index contributed by atoms with van der Waals surface area (Å²) in [4.78, 5) is 23.0. The minimum atomic E-state index is -2.36. The van der Waals surface area contributed by atoms with Gasteiger partial charge in [-0.05, 0) is 24.3 Å². The van der Waals surface area contributed by atoms with E-state index in [1.165, 1.54) is 24.3 Å². The lowest BCUT2D eigenvalue weighted by Gasteiger charge is -2.09. The number of carbonyl (C=O) groups is 2. The molecule has 0 aliphatic heterocycles. The van der Waals surface area contributed by atoms with E-state index in [-0.39, 0.29) is 11.3 Å². The third-order valence-corrected chi connectivity index (χ3v) is 3.00. The summed E-state index contributed by atoms with van der Waals surface area (Å²) in [5.74, 6) is -13.5. The van der Waals surface area contributed by atoms with Crippen molar-refractivity contribution in [3.63, 3.8) is 0 Å². The molecule has 24 heavy (non-hydrogen) atoms. The molecule has 0 fully saturated rings. The highest BCUT2D eigenvalue weighted by Gasteiger charge is 2.29. The zero-order valence-electron chi connectivity index (χ0n) is 11.9. The van der Waals surface area contributed by atoms with E-state index in [1.807, 2.05) is 5.32 Å². The van der Waals surface area contributed by atoms with Gasteiger partial charge in [-0.1, -0.05) is 0 Å². The van der Waals surface area contributed by atoms with Gasteiger partial charge in [0, 0.05) is 5.69 Å². The van der Waals surface area contributed by atoms with Gasteiger partial charge in [0.05, 0.1) is 12.7 Å². The SMILES string of the molecule is COC(=O)c1ccc(NC(=O)c2c(F)c(F)c(F)c(F)c2F)cc1. The van der Waals surface area contributed by atoms with Crippen LogP contribution in [0.15, 0.2) is 24.3 Å². The minimum absolute atomic E-state index is 0.0309. The summed E-state index contributed by atoms with van der Waals surface area (Å²) in [5, 5.41) is 1.97. The Morgan fingerprint density at radius 2 is 1.29 bits per heavy atom. The van der Waals surface area contributed by atoms with Crippen LogP contribution in [0, 0.1) is 29.1 Å². The molecule has 2 aromatic rings. The van der Waals surface area contributed by atoms with Gasteiger partial charge in [-0.25, -0.2) is 26.7 Å². The van der Waals surface area contributed by atoms with Gasteiger partial charge in [0.1, 0.15) is 5.56 Å². The Kier molecular flexibility index (Phi) is 4.82. The Hall–Kier alpha value is -2.97. The third-order valence-electron chi connectivity index (χ3n) is 3.00. The fourth-order valence-electron chi connectivity index (χ4n) is 1.81. The second-order valence-electron chi connectivity index (χ2n) is 4.47. The molecule has 126 valence electrons. The molecule has 2 aromatic carbocycles. The van der Waals surface area contributed by atoms with Crippen molar-refractivity contribution in [1.29, 1.82) is 0 Å². The van der Waals surface area contributed by atoms with E-state index in [0.29, 0.717) is 0 Å². The van der Waals surface area contributed by atoms with E-state index >= 15 is 0 Å². The molecule has 9 heteroatoms. The number of halogens is 5. The largest absolute Gasteiger partial charge is 0.465 e. The maximum atomic E-state index is 13.5. The van der Waals surface area contributed by atoms with Crippen molar-refractivity contribution in [1.82, 2.24) is 0 Å². The van der Waals surface area contributed by atoms with Crippen molar-refractivity contribution in [2.24, 2.45) is 0 Å². The fourth-order valence-corrected chi connectivity index (χ4v) is 1.81. The van der Waals surface area contributed by atoms with Crippen molar-refractivity contribution >= 4 is 17.6 Å². The van der Waals surface area contributed by atoms with E-state index in [1.54, 1.807) is 0 Å². The Bertz CT molecular complexity index is 792. The normalized spacial score (nSPS) is 10.4. The molecule has 2 rings (SSSR count). The van der Waals surface area contributed by atoms with Crippen LogP contribution in [-0.2, 0) is 4.74 Å². The molecule has 0 spiro atoms. The lowest BCUT2D eigenvalue weighted by molar-refractivity contribution is 0.0600. The maximum absolute atomic E-state index is 13.5. The van der Waals surface area contributed by atoms with E-state index in [2.05, 4.69) is 4.74 Å². The first-order valence-corrected chi connectivity index (χ1v) is 6.29. The number of carbonyl (C=O) groups excluding carboxylic acids is 2. The summed E-state index contributed by atoms with van der Waals surface area (Å²) in [7, 11) is 1.15. The van der Waals surface area contributed by atoms with Crippen LogP contribution in [0.5, 0.6) is 0 Å². The molecular weight excluding hydrogens is 337 g/mol. The monoisotopic (exact) mass is 345 g/mol. The third kappa shape index (κ3) is 3.05. The minimum Gasteiger partial charge on any atom is -0.465 e. The molecule has 1 N–H and O–H groups in total. The number of nitrogens with one attached hydrogen (secondary N) is 1. The molecule has 1 amide bonds. The number of anilines is 1. The Labute approximate surface area is 131 Å². The number of hydrogen-bond donors (Lipinski definition) is 1. The smallest absolute Gasteiger partial charge is 0.337 e. The number of amides is 1. The van der Waals surface area contributed by atoms with Crippen LogP contribution in [0.1, 0.15) is 20.7 Å². The lowest BCUT2D eigenvalue weighted by Crippen LogP contribution is -2.19. The van der Waals surface area contributed by atoms with Crippen LogP contribution < -0.4 is 5.32 Å². The molecule has 0 heterocycles. The number of methoxy groups -OCH3 is 1. The quantitative estimate of drug-likeness (QED) is 0.401. The molecule has 0 aliphatic rings. The van der Waals surface area contributed by atoms with E-state index in [4.69, 9.17) is 0 Å². The first-order chi connectivity index (χ1) is 11.3. The molecule has 0 unspecified atom stereocenters. The lowest BCUT2D eigenvalue weighted by atomic mass is 10.1. The number of ether oxygens (including phenoxy) is 1. The summed E-state index contributed by atoms with van der Waals surface area (Å²) >= 11 is 0. The zero-order valence-corrected chi connectivity index (χ0v) is 11.9. The van der Waals surface area contributed by atoms with Gasteiger partial charge in [-0.2, -0.15) is 0 Å². The second-order valence-corrected chi connectivity index (χ2v) is 4.47. The number of hydrogen-bond acceptors (Lipinski definition) is 3. The van der Waals surface area contributed by atoms with E-state index < -0.39 is 46.5 Å². The van der Waals surface area contributed by atoms with Gasteiger partial charge in [0.25, 0.3) is 5.91 Å². The number of esters is 1. The fraction of sp³-hybridized carbons (Fsp3) is 0.0667. The van der Waals surface area contributed by atoms with Crippen molar-refractivity contribution in [3.8, 4) is 0 Å². The summed E-state index contributed by atoms with van der Waals surface area (Å²) in [6, 6.07) is 4.85. The first-order valence-electron chi connectivity index (χ1n) is 6.29. The predicted molar refractivity (Wildman–Crippen MR) is 72.0 cm³/mol. The van der Waals surface area contributed by atoms with Crippen LogP contribution in [0.4, 0.5) is 27.6 Å². The summed E-state index contributed by atoms with van der Waals surface area (Å²) in [6.45, 7) is 0. The van der Waals surface area contributed by atoms with Gasteiger partial charge < -0.3 is 10.1 Å². The highest BCUT2D eigenvalue weighted by atomic mass is 19.2. The molecular formula is C15H8F5NO3. The molecule has 0 bridgehead atoms. The first kappa shape index (κ1) is 17.4. The van der Waals surface area contributed by atoms with Gasteiger partial charge in [0.2, 0.25) is 5.82 Å². The number of benzene rings is 2. The van der Waals surface area contributed by atoms with Crippen molar-refractivity contribution in [2.45, 2.75) is 0 Å². The maximum Gasteiger partial charge on any atom is 0.337 e. The molecule has 0 saturated heterocycles. The van der Waals surface area contributed by atoms with Crippen LogP contribution in [-0.4, -0.2) is 19.0 Å². The van der Waals surface area contributed by atoms with Crippen LogP contribution in [0.25, 0.3) is 0 Å². The van der Waals surface area contributed by atoms with Crippen molar-refractivity contribution in [2.75, 3.05) is 12.4 Å². The zero-order chi connectivity index (χ0) is 18.0. The molecule has 0 atom stereocenters. The molecule has 0 aliphatic carbocycles. The summed E-state index contributed by atoms with van der Waals surface area (Å²) in [6.07, 6.45) is 0. The Morgan fingerprint density at radius 3 is 1.75 bits per heavy atom. The van der Waals surface area contributed by atoms with Crippen molar-refractivity contribution < 1.29 is 36.3 Å².